The van der Waals surface area contributed by atoms with Gasteiger partial charge in [-0.05, 0) is 40.9 Å². The van der Waals surface area contributed by atoms with Crippen molar-refractivity contribution in [3.05, 3.63) is 22.3 Å². The molecule has 0 spiro atoms. The maximum atomic E-state index is 12.8. The number of pyridine rings is 1. The third-order valence-electron chi connectivity index (χ3n) is 3.27. The first kappa shape index (κ1) is 15.1. The Morgan fingerprint density at radius 3 is 2.45 bits per heavy atom. The predicted octanol–water partition coefficient (Wildman–Crippen LogP) is 3.16. The van der Waals surface area contributed by atoms with E-state index in [-0.39, 0.29) is 10.3 Å². The molecule has 0 radical (unpaired) electrons. The first-order valence-corrected chi connectivity index (χ1v) is 6.80. The van der Waals surface area contributed by atoms with E-state index in [1.54, 1.807) is 4.90 Å². The molecule has 1 N–H and O–H groups in total. The Labute approximate surface area is 121 Å². The molecule has 0 atom stereocenters. The average molecular weight is 353 g/mol. The third-order valence-corrected chi connectivity index (χ3v) is 3.91. The molecule has 1 fully saturated rings. The minimum absolute atomic E-state index is 0.103. The number of carboxylic acid groups (broad SMARTS) is 1. The molecule has 1 aromatic heterocycles. The summed E-state index contributed by atoms with van der Waals surface area (Å²) in [5.41, 5.74) is -0.963. The predicted molar refractivity (Wildman–Crippen MR) is 69.5 cm³/mol. The molecule has 1 aliphatic heterocycles. The van der Waals surface area contributed by atoms with E-state index in [2.05, 4.69) is 20.9 Å². The summed E-state index contributed by atoms with van der Waals surface area (Å²) in [7, 11) is 0. The fourth-order valence-electron chi connectivity index (χ4n) is 2.16. The second-order valence-corrected chi connectivity index (χ2v) is 5.45. The maximum absolute atomic E-state index is 12.8. The van der Waals surface area contributed by atoms with Crippen molar-refractivity contribution in [3.63, 3.8) is 0 Å². The summed E-state index contributed by atoms with van der Waals surface area (Å²) in [6, 6.07) is 2.81. The quantitative estimate of drug-likeness (QED) is 0.888. The number of anilines is 1. The first-order valence-electron chi connectivity index (χ1n) is 6.00. The molecule has 2 heterocycles. The van der Waals surface area contributed by atoms with Gasteiger partial charge >= 0.3 is 12.1 Å². The van der Waals surface area contributed by atoms with E-state index >= 15 is 0 Å². The van der Waals surface area contributed by atoms with Crippen LogP contribution in [0.1, 0.15) is 18.5 Å². The highest BCUT2D eigenvalue weighted by atomic mass is 79.9. The molecule has 0 amide bonds. The Kier molecular flexibility index (Phi) is 4.22. The molecule has 4 nitrogen and oxygen atoms in total. The number of rotatable bonds is 2. The van der Waals surface area contributed by atoms with Gasteiger partial charge in [-0.2, -0.15) is 13.2 Å². The van der Waals surface area contributed by atoms with Crippen LogP contribution in [0.3, 0.4) is 0 Å². The normalized spacial score (nSPS) is 17.3. The van der Waals surface area contributed by atoms with Gasteiger partial charge in [-0.15, -0.1) is 0 Å². The van der Waals surface area contributed by atoms with Crippen molar-refractivity contribution in [3.8, 4) is 0 Å². The van der Waals surface area contributed by atoms with Crippen LogP contribution in [-0.4, -0.2) is 29.1 Å². The topological polar surface area (TPSA) is 53.4 Å². The zero-order valence-corrected chi connectivity index (χ0v) is 11.9. The molecule has 0 saturated carbocycles. The molecule has 1 saturated heterocycles. The van der Waals surface area contributed by atoms with E-state index in [1.807, 2.05) is 0 Å². The summed E-state index contributed by atoms with van der Waals surface area (Å²) in [5.74, 6) is -1.06. The van der Waals surface area contributed by atoms with E-state index in [0.717, 1.165) is 0 Å². The van der Waals surface area contributed by atoms with Crippen molar-refractivity contribution in [1.82, 2.24) is 4.98 Å². The van der Waals surface area contributed by atoms with E-state index < -0.39 is 23.8 Å². The number of nitrogens with zero attached hydrogens (tertiary/aromatic N) is 2. The van der Waals surface area contributed by atoms with Crippen molar-refractivity contribution in [2.24, 2.45) is 5.92 Å². The zero-order valence-electron chi connectivity index (χ0n) is 10.3. The van der Waals surface area contributed by atoms with E-state index in [1.165, 1.54) is 12.1 Å². The lowest BCUT2D eigenvalue weighted by Crippen LogP contribution is -2.37. The van der Waals surface area contributed by atoms with Gasteiger partial charge in [-0.3, -0.25) is 4.79 Å². The number of hydrogen-bond donors (Lipinski definition) is 1. The van der Waals surface area contributed by atoms with Crippen molar-refractivity contribution in [1.29, 1.82) is 0 Å². The molecule has 8 heteroatoms. The highest BCUT2D eigenvalue weighted by Gasteiger charge is 2.36. The lowest BCUT2D eigenvalue weighted by atomic mass is 9.97. The standard InChI is InChI=1S/C12H12BrF3N2O2/c13-8-1-2-9(17-10(8)12(14,15)16)18-5-3-7(4-6-18)11(19)20/h1-2,7H,3-6H2,(H,19,20). The van der Waals surface area contributed by atoms with Crippen molar-refractivity contribution < 1.29 is 23.1 Å². The summed E-state index contributed by atoms with van der Waals surface area (Å²) < 4.78 is 38.2. The second kappa shape index (κ2) is 5.59. The highest BCUT2D eigenvalue weighted by molar-refractivity contribution is 9.10. The summed E-state index contributed by atoms with van der Waals surface area (Å²) in [4.78, 5) is 16.2. The van der Waals surface area contributed by atoms with Gasteiger partial charge in [-0.25, -0.2) is 4.98 Å². The number of aliphatic carboxylic acids is 1. The second-order valence-electron chi connectivity index (χ2n) is 4.60. The number of halogens is 4. The fourth-order valence-corrected chi connectivity index (χ4v) is 2.61. The van der Waals surface area contributed by atoms with Gasteiger partial charge < -0.3 is 10.0 Å². The summed E-state index contributed by atoms with van der Waals surface area (Å²) in [6.45, 7) is 0.784. The molecule has 0 unspecified atom stereocenters. The van der Waals surface area contributed by atoms with Gasteiger partial charge in [0, 0.05) is 17.6 Å². The average Bonchev–Trinajstić information content (AvgIpc) is 2.38. The van der Waals surface area contributed by atoms with Gasteiger partial charge in [0.15, 0.2) is 5.69 Å². The van der Waals surface area contributed by atoms with Gasteiger partial charge in [0.25, 0.3) is 0 Å². The van der Waals surface area contributed by atoms with Crippen molar-refractivity contribution in [2.45, 2.75) is 19.0 Å². The van der Waals surface area contributed by atoms with Gasteiger partial charge in [-0.1, -0.05) is 0 Å². The van der Waals surface area contributed by atoms with E-state index in [0.29, 0.717) is 25.9 Å². The molecule has 2 rings (SSSR count). The molecule has 110 valence electrons. The lowest BCUT2D eigenvalue weighted by Gasteiger charge is -2.31. The van der Waals surface area contributed by atoms with Crippen LogP contribution >= 0.6 is 15.9 Å². The molecule has 1 aromatic rings. The van der Waals surface area contributed by atoms with Crippen LogP contribution in [-0.2, 0) is 11.0 Å². The molecule has 20 heavy (non-hydrogen) atoms. The molecular weight excluding hydrogens is 341 g/mol. The monoisotopic (exact) mass is 352 g/mol. The van der Waals surface area contributed by atoms with Crippen LogP contribution in [0.15, 0.2) is 16.6 Å². The SMILES string of the molecule is O=C(O)C1CCN(c2ccc(Br)c(C(F)(F)F)n2)CC1. The first-order chi connectivity index (χ1) is 9.29. The lowest BCUT2D eigenvalue weighted by molar-refractivity contribution is -0.142. The van der Waals surface area contributed by atoms with E-state index in [4.69, 9.17) is 5.11 Å². The molecular formula is C12H12BrF3N2O2. The van der Waals surface area contributed by atoms with Gasteiger partial charge in [0.2, 0.25) is 0 Å². The minimum Gasteiger partial charge on any atom is -0.481 e. The van der Waals surface area contributed by atoms with Gasteiger partial charge in [0.1, 0.15) is 5.82 Å². The Morgan fingerprint density at radius 2 is 1.95 bits per heavy atom. The molecule has 0 bridgehead atoms. The van der Waals surface area contributed by atoms with E-state index in [9.17, 15) is 18.0 Å². The number of piperidine rings is 1. The Balaban J connectivity index is 2.17. The smallest absolute Gasteiger partial charge is 0.434 e. The maximum Gasteiger partial charge on any atom is 0.434 e. The summed E-state index contributed by atoms with van der Waals surface area (Å²) in [6.07, 6.45) is -3.70. The molecule has 1 aliphatic rings. The van der Waals surface area contributed by atoms with Crippen LogP contribution in [0.2, 0.25) is 0 Å². The van der Waals surface area contributed by atoms with Crippen LogP contribution in [0.5, 0.6) is 0 Å². The third kappa shape index (κ3) is 3.23. The Morgan fingerprint density at radius 1 is 1.35 bits per heavy atom. The van der Waals surface area contributed by atoms with Crippen LogP contribution in [0, 0.1) is 5.92 Å². The summed E-state index contributed by atoms with van der Waals surface area (Å²) in [5, 5.41) is 8.89. The number of carbonyl (C=O) groups is 1. The Bertz CT molecular complexity index is 514. The summed E-state index contributed by atoms with van der Waals surface area (Å²) >= 11 is 2.84. The minimum atomic E-state index is -4.52. The zero-order chi connectivity index (χ0) is 14.9. The molecule has 0 aliphatic carbocycles. The van der Waals surface area contributed by atoms with Gasteiger partial charge in [0.05, 0.1) is 5.92 Å². The fraction of sp³-hybridized carbons (Fsp3) is 0.500. The van der Waals surface area contributed by atoms with Crippen molar-refractivity contribution in [2.75, 3.05) is 18.0 Å². The Hall–Kier alpha value is -1.31. The number of aromatic nitrogens is 1. The molecule has 0 aromatic carbocycles. The van der Waals surface area contributed by atoms with Crippen LogP contribution < -0.4 is 4.90 Å². The largest absolute Gasteiger partial charge is 0.481 e. The number of alkyl halides is 3. The van der Waals surface area contributed by atoms with Crippen LogP contribution in [0.4, 0.5) is 19.0 Å². The highest BCUT2D eigenvalue weighted by Crippen LogP contribution is 2.35. The van der Waals surface area contributed by atoms with Crippen LogP contribution in [0.25, 0.3) is 0 Å². The number of carboxylic acids is 1. The number of hydrogen-bond acceptors (Lipinski definition) is 3. The van der Waals surface area contributed by atoms with Crippen molar-refractivity contribution >= 4 is 27.7 Å².